The lowest BCUT2D eigenvalue weighted by Gasteiger charge is -2.14. The summed E-state index contributed by atoms with van der Waals surface area (Å²) in [5, 5.41) is 2.59. The number of nitrogens with zero attached hydrogens (tertiary/aromatic N) is 1. The largest absolute Gasteiger partial charge is 0.490 e. The molecule has 1 aromatic rings. The predicted octanol–water partition coefficient (Wildman–Crippen LogP) is 2.08. The van der Waals surface area contributed by atoms with E-state index in [2.05, 4.69) is 12.2 Å². The molecule has 0 saturated carbocycles. The van der Waals surface area contributed by atoms with E-state index < -0.39 is 0 Å². The molecule has 0 heterocycles. The second-order valence-corrected chi connectivity index (χ2v) is 5.27. The highest BCUT2D eigenvalue weighted by molar-refractivity contribution is 5.97. The van der Waals surface area contributed by atoms with E-state index in [4.69, 9.17) is 9.47 Å². The highest BCUT2D eigenvalue weighted by Crippen LogP contribution is 2.28. The normalized spacial score (nSPS) is 10.1. The van der Waals surface area contributed by atoms with Gasteiger partial charge in [0.25, 0.3) is 5.91 Å². The number of nitrogens with one attached hydrogen (secondary N) is 1. The SMILES string of the molecule is CCCCOc1ccc(C(=O)NCC(=O)N(C)C)cc1OCC. The Balaban J connectivity index is 2.77. The van der Waals surface area contributed by atoms with Gasteiger partial charge < -0.3 is 19.7 Å². The maximum atomic E-state index is 12.1. The minimum atomic E-state index is -0.318. The van der Waals surface area contributed by atoms with Crippen molar-refractivity contribution in [2.75, 3.05) is 33.9 Å². The Morgan fingerprint density at radius 2 is 1.87 bits per heavy atom. The molecule has 128 valence electrons. The first-order valence-corrected chi connectivity index (χ1v) is 7.87. The molecule has 6 heteroatoms. The lowest BCUT2D eigenvalue weighted by Crippen LogP contribution is -2.36. The van der Waals surface area contributed by atoms with E-state index in [9.17, 15) is 9.59 Å². The Hall–Kier alpha value is -2.24. The fourth-order valence-electron chi connectivity index (χ4n) is 1.78. The van der Waals surface area contributed by atoms with Crippen molar-refractivity contribution in [3.05, 3.63) is 23.8 Å². The molecule has 0 aliphatic rings. The number of ether oxygens (including phenoxy) is 2. The van der Waals surface area contributed by atoms with E-state index in [1.54, 1.807) is 32.3 Å². The molecular formula is C17H26N2O4. The summed E-state index contributed by atoms with van der Waals surface area (Å²) in [6.45, 7) is 5.02. The standard InChI is InChI=1S/C17H26N2O4/c1-5-7-10-23-14-9-8-13(11-15(14)22-6-2)17(21)18-12-16(20)19(3)4/h8-9,11H,5-7,10,12H2,1-4H3,(H,18,21). The monoisotopic (exact) mass is 322 g/mol. The third kappa shape index (κ3) is 6.18. The first kappa shape index (κ1) is 18.8. The van der Waals surface area contributed by atoms with Gasteiger partial charge in [0.1, 0.15) is 0 Å². The van der Waals surface area contributed by atoms with Gasteiger partial charge in [-0.25, -0.2) is 0 Å². The van der Waals surface area contributed by atoms with Crippen LogP contribution in [0.2, 0.25) is 0 Å². The Labute approximate surface area is 137 Å². The van der Waals surface area contributed by atoms with Crippen LogP contribution in [-0.2, 0) is 4.79 Å². The van der Waals surface area contributed by atoms with Crippen LogP contribution < -0.4 is 14.8 Å². The van der Waals surface area contributed by atoms with Crippen molar-refractivity contribution in [2.24, 2.45) is 0 Å². The van der Waals surface area contributed by atoms with Crippen molar-refractivity contribution in [3.63, 3.8) is 0 Å². The predicted molar refractivity (Wildman–Crippen MR) is 89.0 cm³/mol. The fourth-order valence-corrected chi connectivity index (χ4v) is 1.78. The summed E-state index contributed by atoms with van der Waals surface area (Å²) in [5.41, 5.74) is 0.433. The van der Waals surface area contributed by atoms with Crippen LogP contribution in [0, 0.1) is 0 Å². The lowest BCUT2D eigenvalue weighted by molar-refractivity contribution is -0.127. The summed E-state index contributed by atoms with van der Waals surface area (Å²) in [4.78, 5) is 25.1. The van der Waals surface area contributed by atoms with Gasteiger partial charge in [-0.1, -0.05) is 13.3 Å². The molecule has 0 aliphatic heterocycles. The molecule has 0 saturated heterocycles. The maximum Gasteiger partial charge on any atom is 0.251 e. The van der Waals surface area contributed by atoms with Crippen molar-refractivity contribution in [1.82, 2.24) is 10.2 Å². The Morgan fingerprint density at radius 1 is 1.13 bits per heavy atom. The quantitative estimate of drug-likeness (QED) is 0.707. The zero-order valence-corrected chi connectivity index (χ0v) is 14.3. The van der Waals surface area contributed by atoms with E-state index >= 15 is 0 Å². The van der Waals surface area contributed by atoms with Gasteiger partial charge in [-0.15, -0.1) is 0 Å². The maximum absolute atomic E-state index is 12.1. The average molecular weight is 322 g/mol. The molecule has 0 unspecified atom stereocenters. The topological polar surface area (TPSA) is 67.9 Å². The first-order chi connectivity index (χ1) is 11.0. The summed E-state index contributed by atoms with van der Waals surface area (Å²) < 4.78 is 11.2. The molecule has 1 aromatic carbocycles. The Kier molecular flexibility index (Phi) is 7.94. The summed E-state index contributed by atoms with van der Waals surface area (Å²) in [6.07, 6.45) is 2.00. The summed E-state index contributed by atoms with van der Waals surface area (Å²) in [5.74, 6) is 0.681. The van der Waals surface area contributed by atoms with Crippen molar-refractivity contribution in [3.8, 4) is 11.5 Å². The molecular weight excluding hydrogens is 296 g/mol. The average Bonchev–Trinajstić information content (AvgIpc) is 2.53. The molecule has 0 bridgehead atoms. The number of carbonyl (C=O) groups is 2. The zero-order chi connectivity index (χ0) is 17.2. The van der Waals surface area contributed by atoms with Gasteiger partial charge in [0.15, 0.2) is 11.5 Å². The minimum Gasteiger partial charge on any atom is -0.490 e. The molecule has 0 fully saturated rings. The molecule has 1 rings (SSSR count). The molecule has 0 atom stereocenters. The molecule has 0 spiro atoms. The summed E-state index contributed by atoms with van der Waals surface area (Å²) >= 11 is 0. The molecule has 0 aromatic heterocycles. The van der Waals surface area contributed by atoms with Gasteiger partial charge in [0, 0.05) is 19.7 Å². The number of benzene rings is 1. The Bertz CT molecular complexity index is 529. The van der Waals surface area contributed by atoms with Crippen LogP contribution in [-0.4, -0.2) is 50.6 Å². The van der Waals surface area contributed by atoms with Gasteiger partial charge in [-0.2, -0.15) is 0 Å². The van der Waals surface area contributed by atoms with Crippen LogP contribution in [0.3, 0.4) is 0 Å². The van der Waals surface area contributed by atoms with Gasteiger partial charge >= 0.3 is 0 Å². The van der Waals surface area contributed by atoms with Crippen molar-refractivity contribution >= 4 is 11.8 Å². The summed E-state index contributed by atoms with van der Waals surface area (Å²) in [6, 6.07) is 5.03. The summed E-state index contributed by atoms with van der Waals surface area (Å²) in [7, 11) is 3.29. The smallest absolute Gasteiger partial charge is 0.251 e. The molecule has 1 N–H and O–H groups in total. The number of rotatable bonds is 9. The highest BCUT2D eigenvalue weighted by Gasteiger charge is 2.13. The lowest BCUT2D eigenvalue weighted by atomic mass is 10.2. The molecule has 23 heavy (non-hydrogen) atoms. The Morgan fingerprint density at radius 3 is 2.48 bits per heavy atom. The van der Waals surface area contributed by atoms with E-state index in [1.165, 1.54) is 4.90 Å². The third-order valence-corrected chi connectivity index (χ3v) is 3.16. The number of carbonyl (C=O) groups excluding carboxylic acids is 2. The van der Waals surface area contributed by atoms with Gasteiger partial charge in [0.2, 0.25) is 5.91 Å². The molecule has 0 aliphatic carbocycles. The van der Waals surface area contributed by atoms with Crippen LogP contribution in [0.25, 0.3) is 0 Å². The zero-order valence-electron chi connectivity index (χ0n) is 14.3. The van der Waals surface area contributed by atoms with Gasteiger partial charge in [0.05, 0.1) is 19.8 Å². The van der Waals surface area contributed by atoms with E-state index in [0.29, 0.717) is 30.3 Å². The van der Waals surface area contributed by atoms with E-state index in [-0.39, 0.29) is 18.4 Å². The molecule has 6 nitrogen and oxygen atoms in total. The number of amides is 2. The highest BCUT2D eigenvalue weighted by atomic mass is 16.5. The van der Waals surface area contributed by atoms with Crippen molar-refractivity contribution in [2.45, 2.75) is 26.7 Å². The van der Waals surface area contributed by atoms with Crippen molar-refractivity contribution < 1.29 is 19.1 Å². The molecule has 0 radical (unpaired) electrons. The van der Waals surface area contributed by atoms with Gasteiger partial charge in [-0.3, -0.25) is 9.59 Å². The second-order valence-electron chi connectivity index (χ2n) is 5.27. The number of likely N-dealkylation sites (N-methyl/N-ethyl adjacent to an activating group) is 1. The third-order valence-electron chi connectivity index (χ3n) is 3.16. The molecule has 2 amide bonds. The van der Waals surface area contributed by atoms with Crippen LogP contribution in [0.1, 0.15) is 37.0 Å². The fraction of sp³-hybridized carbons (Fsp3) is 0.529. The van der Waals surface area contributed by atoms with Crippen molar-refractivity contribution in [1.29, 1.82) is 0 Å². The number of hydrogen-bond donors (Lipinski definition) is 1. The first-order valence-electron chi connectivity index (χ1n) is 7.87. The van der Waals surface area contributed by atoms with E-state index in [1.807, 2.05) is 6.92 Å². The second kappa shape index (κ2) is 9.71. The van der Waals surface area contributed by atoms with Crippen LogP contribution in [0.5, 0.6) is 11.5 Å². The van der Waals surface area contributed by atoms with E-state index in [0.717, 1.165) is 12.8 Å². The number of unbranched alkanes of at least 4 members (excludes halogenated alkanes) is 1. The van der Waals surface area contributed by atoms with Crippen LogP contribution >= 0.6 is 0 Å². The number of hydrogen-bond acceptors (Lipinski definition) is 4. The minimum absolute atomic E-state index is 0.0371. The van der Waals surface area contributed by atoms with Crippen LogP contribution in [0.15, 0.2) is 18.2 Å². The van der Waals surface area contributed by atoms with Gasteiger partial charge in [-0.05, 0) is 31.5 Å². The van der Waals surface area contributed by atoms with Crippen LogP contribution in [0.4, 0.5) is 0 Å².